The zero-order chi connectivity index (χ0) is 30.3. The lowest BCUT2D eigenvalue weighted by Crippen LogP contribution is -2.49. The Morgan fingerprint density at radius 2 is 1.74 bits per heavy atom. The summed E-state index contributed by atoms with van der Waals surface area (Å²) in [6.45, 7) is 7.24. The Bertz CT molecular complexity index is 1370. The molecule has 2 aliphatic rings. The molecule has 3 aromatic rings. The topological polar surface area (TPSA) is 94.1 Å². The largest absolute Gasteiger partial charge is 0.486 e. The summed E-state index contributed by atoms with van der Waals surface area (Å²) in [4.78, 5) is 31.0. The van der Waals surface area contributed by atoms with Gasteiger partial charge in [0.2, 0.25) is 5.91 Å². The predicted octanol–water partition coefficient (Wildman–Crippen LogP) is 4.64. The molecule has 3 atom stereocenters. The number of piperidine rings is 1. The number of aliphatic hydroxyl groups is 1. The fourth-order valence-corrected chi connectivity index (χ4v) is 6.00. The van der Waals surface area contributed by atoms with Gasteiger partial charge in [0.25, 0.3) is 5.91 Å². The van der Waals surface area contributed by atoms with Crippen LogP contribution in [0.1, 0.15) is 42.6 Å². The van der Waals surface area contributed by atoms with Gasteiger partial charge >= 0.3 is 0 Å². The van der Waals surface area contributed by atoms with E-state index in [0.717, 1.165) is 32.5 Å². The molecule has 8 nitrogen and oxygen atoms in total. The molecular formula is C35H44N4O4. The second-order valence-electron chi connectivity index (χ2n) is 12.1. The van der Waals surface area contributed by atoms with Crippen molar-refractivity contribution in [2.24, 2.45) is 11.8 Å². The molecule has 0 radical (unpaired) electrons. The van der Waals surface area contributed by atoms with Gasteiger partial charge in [-0.2, -0.15) is 0 Å². The van der Waals surface area contributed by atoms with Crippen LogP contribution >= 0.6 is 0 Å². The highest BCUT2D eigenvalue weighted by atomic mass is 16.5. The molecule has 43 heavy (non-hydrogen) atoms. The molecule has 2 aliphatic heterocycles. The number of likely N-dealkylation sites (N-methyl/N-ethyl adjacent to an activating group) is 1. The van der Waals surface area contributed by atoms with Gasteiger partial charge in [0.05, 0.1) is 23.9 Å². The molecule has 0 saturated carbocycles. The van der Waals surface area contributed by atoms with Gasteiger partial charge in [-0.1, -0.05) is 67.6 Å². The fourth-order valence-electron chi connectivity index (χ4n) is 6.00. The Morgan fingerprint density at radius 3 is 2.44 bits per heavy atom. The Kier molecular flexibility index (Phi) is 10.1. The summed E-state index contributed by atoms with van der Waals surface area (Å²) < 4.78 is 6.71. The van der Waals surface area contributed by atoms with Crippen LogP contribution < -0.4 is 15.4 Å². The van der Waals surface area contributed by atoms with Crippen LogP contribution in [0.3, 0.4) is 0 Å². The van der Waals surface area contributed by atoms with E-state index in [-0.39, 0.29) is 42.4 Å². The molecule has 5 rings (SSSR count). The smallest absolute Gasteiger partial charge is 0.258 e. The van der Waals surface area contributed by atoms with Crippen molar-refractivity contribution in [3.63, 3.8) is 0 Å². The van der Waals surface area contributed by atoms with Gasteiger partial charge in [-0.3, -0.25) is 14.5 Å². The van der Waals surface area contributed by atoms with Gasteiger partial charge in [-0.15, -0.1) is 0 Å². The summed E-state index contributed by atoms with van der Waals surface area (Å²) in [7, 11) is 2.07. The van der Waals surface area contributed by atoms with Crippen LogP contribution in [-0.2, 0) is 11.3 Å². The number of nitrogens with zero attached hydrogens (tertiary/aromatic N) is 2. The van der Waals surface area contributed by atoms with E-state index < -0.39 is 0 Å². The number of amides is 2. The van der Waals surface area contributed by atoms with Crippen LogP contribution in [0.15, 0.2) is 72.8 Å². The number of ether oxygens (including phenoxy) is 1. The van der Waals surface area contributed by atoms with Crippen molar-refractivity contribution in [2.75, 3.05) is 45.2 Å². The maximum Gasteiger partial charge on any atom is 0.258 e. The van der Waals surface area contributed by atoms with Gasteiger partial charge in [-0.25, -0.2) is 0 Å². The van der Waals surface area contributed by atoms with Crippen LogP contribution in [0.25, 0.3) is 11.1 Å². The minimum Gasteiger partial charge on any atom is -0.486 e. The number of nitrogens with one attached hydrogen (secondary N) is 2. The molecule has 2 amide bonds. The third-order valence-corrected chi connectivity index (χ3v) is 8.66. The van der Waals surface area contributed by atoms with Crippen LogP contribution in [0.2, 0.25) is 0 Å². The minimum atomic E-state index is -0.351. The van der Waals surface area contributed by atoms with Gasteiger partial charge in [0.15, 0.2) is 5.75 Å². The summed E-state index contributed by atoms with van der Waals surface area (Å²) in [5.41, 5.74) is 4.49. The van der Waals surface area contributed by atoms with Crippen molar-refractivity contribution in [2.45, 2.75) is 45.4 Å². The summed E-state index contributed by atoms with van der Waals surface area (Å²) in [5, 5.41) is 16.4. The number of fused-ring (bicyclic) bond motifs is 1. The standard InChI is InChI=1S/C35H44N4O4/c1-24-20-39(25(2)23-40)35(42)30-10-7-11-31(37-34(41)29-16-18-36-19-17-29)33(30)43-32(24)22-38(3)21-26-12-14-28(15-13-26)27-8-5-4-6-9-27/h4-15,24-25,29,32,36,40H,16-23H2,1-3H3,(H,37,41)/t24-,25+,32+/m1/s1. The van der Waals surface area contributed by atoms with Crippen molar-refractivity contribution in [3.05, 3.63) is 83.9 Å². The molecule has 3 N–H and O–H groups in total. The molecule has 0 spiro atoms. The lowest BCUT2D eigenvalue weighted by atomic mass is 9.96. The van der Waals surface area contributed by atoms with Crippen molar-refractivity contribution in [1.82, 2.24) is 15.1 Å². The zero-order valence-electron chi connectivity index (χ0n) is 25.5. The van der Waals surface area contributed by atoms with E-state index in [9.17, 15) is 14.7 Å². The van der Waals surface area contributed by atoms with Crippen LogP contribution in [-0.4, -0.2) is 78.7 Å². The number of rotatable bonds is 9. The molecule has 1 fully saturated rings. The van der Waals surface area contributed by atoms with Crippen LogP contribution in [0.5, 0.6) is 5.75 Å². The highest BCUT2D eigenvalue weighted by molar-refractivity contribution is 6.02. The Balaban J connectivity index is 1.37. The van der Waals surface area contributed by atoms with E-state index in [4.69, 9.17) is 4.74 Å². The van der Waals surface area contributed by atoms with Crippen molar-refractivity contribution >= 4 is 17.5 Å². The highest BCUT2D eigenvalue weighted by Gasteiger charge is 2.35. The van der Waals surface area contributed by atoms with E-state index in [1.807, 2.05) is 31.2 Å². The highest BCUT2D eigenvalue weighted by Crippen LogP contribution is 2.35. The molecule has 1 saturated heterocycles. The molecule has 2 heterocycles. The third-order valence-electron chi connectivity index (χ3n) is 8.66. The van der Waals surface area contributed by atoms with Crippen molar-refractivity contribution in [3.8, 4) is 16.9 Å². The Labute approximate surface area is 255 Å². The van der Waals surface area contributed by atoms with E-state index in [2.05, 4.69) is 65.9 Å². The van der Waals surface area contributed by atoms with Gasteiger partial charge in [0, 0.05) is 31.5 Å². The average Bonchev–Trinajstić information content (AvgIpc) is 3.03. The molecule has 0 aromatic heterocycles. The van der Waals surface area contributed by atoms with E-state index in [1.54, 1.807) is 17.0 Å². The van der Waals surface area contributed by atoms with Gasteiger partial charge < -0.3 is 25.4 Å². The van der Waals surface area contributed by atoms with Crippen LogP contribution in [0, 0.1) is 11.8 Å². The molecule has 0 bridgehead atoms. The van der Waals surface area contributed by atoms with E-state index in [1.165, 1.54) is 16.7 Å². The molecule has 228 valence electrons. The number of hydrogen-bond acceptors (Lipinski definition) is 6. The second kappa shape index (κ2) is 14.2. The first-order valence-electron chi connectivity index (χ1n) is 15.4. The van der Waals surface area contributed by atoms with Gasteiger partial charge in [-0.05, 0) is 68.7 Å². The number of anilines is 1. The van der Waals surface area contributed by atoms with E-state index in [0.29, 0.717) is 30.1 Å². The summed E-state index contributed by atoms with van der Waals surface area (Å²) >= 11 is 0. The molecule has 8 heteroatoms. The van der Waals surface area contributed by atoms with E-state index >= 15 is 0 Å². The lowest BCUT2D eigenvalue weighted by molar-refractivity contribution is -0.120. The summed E-state index contributed by atoms with van der Waals surface area (Å²) in [6.07, 6.45) is 1.30. The molecular weight excluding hydrogens is 540 g/mol. The number of hydrogen-bond donors (Lipinski definition) is 3. The second-order valence-corrected chi connectivity index (χ2v) is 12.1. The SMILES string of the molecule is C[C@@H]1CN([C@@H](C)CO)C(=O)c2cccc(NC(=O)C3CCNCC3)c2O[C@H]1CN(C)Cc1ccc(-c2ccccc2)cc1. The van der Waals surface area contributed by atoms with Crippen molar-refractivity contribution in [1.29, 1.82) is 0 Å². The Hall–Kier alpha value is -3.72. The molecule has 0 unspecified atom stereocenters. The summed E-state index contributed by atoms with van der Waals surface area (Å²) in [6, 6.07) is 24.0. The lowest BCUT2D eigenvalue weighted by Gasteiger charge is -2.38. The third kappa shape index (κ3) is 7.44. The normalized spacial score (nSPS) is 20.1. The predicted molar refractivity (Wildman–Crippen MR) is 170 cm³/mol. The first kappa shape index (κ1) is 30.7. The zero-order valence-corrected chi connectivity index (χ0v) is 25.5. The summed E-state index contributed by atoms with van der Waals surface area (Å²) in [5.74, 6) is 0.0478. The number of carbonyl (C=O) groups excluding carboxylic acids is 2. The maximum atomic E-state index is 13.8. The monoisotopic (exact) mass is 584 g/mol. The van der Waals surface area contributed by atoms with Crippen LogP contribution in [0.4, 0.5) is 5.69 Å². The van der Waals surface area contributed by atoms with Crippen molar-refractivity contribution < 1.29 is 19.4 Å². The minimum absolute atomic E-state index is 0.0258. The first-order chi connectivity index (χ1) is 20.8. The fraction of sp³-hybridized carbons (Fsp3) is 0.429. The number of para-hydroxylation sites is 1. The van der Waals surface area contributed by atoms with Gasteiger partial charge in [0.1, 0.15) is 6.10 Å². The average molecular weight is 585 g/mol. The number of carbonyl (C=O) groups is 2. The first-order valence-corrected chi connectivity index (χ1v) is 15.4. The number of benzene rings is 3. The maximum absolute atomic E-state index is 13.8. The number of aliphatic hydroxyl groups excluding tert-OH is 1. The quantitative estimate of drug-likeness (QED) is 0.339. The Morgan fingerprint density at radius 1 is 1.05 bits per heavy atom. The molecule has 3 aromatic carbocycles. The molecule has 0 aliphatic carbocycles.